The minimum atomic E-state index is -0.335. The Hall–Kier alpha value is -2.98. The van der Waals surface area contributed by atoms with Crippen molar-refractivity contribution in [2.75, 3.05) is 6.61 Å². The Balaban J connectivity index is 1.39. The van der Waals surface area contributed by atoms with E-state index in [0.717, 1.165) is 36.3 Å². The molecule has 39 heavy (non-hydrogen) atoms. The number of esters is 1. The number of carbonyl (C=O) groups is 1. The van der Waals surface area contributed by atoms with Crippen LogP contribution in [0.2, 0.25) is 0 Å². The number of nitrogens with zero attached hydrogens (tertiary/aromatic N) is 1. The summed E-state index contributed by atoms with van der Waals surface area (Å²) in [5.74, 6) is 0.193. The van der Waals surface area contributed by atoms with Crippen molar-refractivity contribution in [1.29, 1.82) is 0 Å². The largest absolute Gasteiger partial charge is 0.423 e. The molecule has 4 heteroatoms. The third-order valence-corrected chi connectivity index (χ3v) is 7.10. The van der Waals surface area contributed by atoms with Crippen LogP contribution in [0.5, 0.6) is 5.75 Å². The Kier molecular flexibility index (Phi) is 14.4. The molecule has 0 spiro atoms. The summed E-state index contributed by atoms with van der Waals surface area (Å²) in [5, 5.41) is 0. The summed E-state index contributed by atoms with van der Waals surface area (Å²) in [6.07, 6.45) is 18.3. The topological polar surface area (TPSA) is 48.4 Å². The van der Waals surface area contributed by atoms with Gasteiger partial charge in [-0.15, -0.1) is 0 Å². The second kappa shape index (κ2) is 18.3. The number of benzene rings is 2. The van der Waals surface area contributed by atoms with Gasteiger partial charge < -0.3 is 9.47 Å². The molecule has 0 aliphatic carbocycles. The average molecular weight is 530 g/mol. The SMILES string of the molecule is CCCCCCCCCCc1ccc(C(=O)Oc2ccc(-c3ccc(COCCCCCC)cn3)cc2)cc1. The van der Waals surface area contributed by atoms with Gasteiger partial charge in [-0.05, 0) is 72.9 Å². The minimum absolute atomic E-state index is 0.335. The molecule has 0 radical (unpaired) electrons. The van der Waals surface area contributed by atoms with Crippen molar-refractivity contribution in [1.82, 2.24) is 4.98 Å². The summed E-state index contributed by atoms with van der Waals surface area (Å²) < 4.78 is 11.4. The van der Waals surface area contributed by atoms with Crippen LogP contribution in [0.4, 0.5) is 0 Å². The van der Waals surface area contributed by atoms with Crippen LogP contribution in [0.25, 0.3) is 11.3 Å². The first kappa shape index (κ1) is 30.6. The highest BCUT2D eigenvalue weighted by molar-refractivity contribution is 5.91. The molecule has 210 valence electrons. The fourth-order valence-electron chi connectivity index (χ4n) is 4.63. The first-order valence-electron chi connectivity index (χ1n) is 15.1. The predicted molar refractivity (Wildman–Crippen MR) is 161 cm³/mol. The average Bonchev–Trinajstić information content (AvgIpc) is 2.97. The third-order valence-electron chi connectivity index (χ3n) is 7.10. The smallest absolute Gasteiger partial charge is 0.343 e. The lowest BCUT2D eigenvalue weighted by molar-refractivity contribution is 0.0734. The molecule has 3 aromatic rings. The van der Waals surface area contributed by atoms with Gasteiger partial charge in [-0.3, -0.25) is 4.98 Å². The van der Waals surface area contributed by atoms with E-state index in [9.17, 15) is 4.79 Å². The van der Waals surface area contributed by atoms with Crippen molar-refractivity contribution in [3.63, 3.8) is 0 Å². The van der Waals surface area contributed by atoms with Crippen LogP contribution in [-0.4, -0.2) is 17.6 Å². The maximum atomic E-state index is 12.6. The molecule has 1 aromatic heterocycles. The molecule has 0 aliphatic heterocycles. The van der Waals surface area contributed by atoms with Crippen molar-refractivity contribution >= 4 is 5.97 Å². The van der Waals surface area contributed by atoms with E-state index in [4.69, 9.17) is 9.47 Å². The van der Waals surface area contributed by atoms with Gasteiger partial charge in [0.2, 0.25) is 0 Å². The van der Waals surface area contributed by atoms with E-state index in [0.29, 0.717) is 17.9 Å². The standard InChI is InChI=1S/C35H47NO3/c1-3-5-7-9-10-11-12-13-15-29-16-19-32(20-17-29)35(37)39-33-23-21-31(22-24-33)34-25-18-30(27-36-34)28-38-26-14-8-6-4-2/h16-25,27H,3-15,26,28H2,1-2H3. The predicted octanol–water partition coefficient (Wildman–Crippen LogP) is 9.75. The van der Waals surface area contributed by atoms with Gasteiger partial charge >= 0.3 is 5.97 Å². The number of hydrogen-bond acceptors (Lipinski definition) is 4. The zero-order valence-electron chi connectivity index (χ0n) is 24.1. The van der Waals surface area contributed by atoms with Crippen LogP contribution in [-0.2, 0) is 17.8 Å². The van der Waals surface area contributed by atoms with Crippen LogP contribution in [0.15, 0.2) is 66.9 Å². The van der Waals surface area contributed by atoms with Crippen molar-refractivity contribution in [3.05, 3.63) is 83.6 Å². The lowest BCUT2D eigenvalue weighted by atomic mass is 10.0. The number of carbonyl (C=O) groups excluding carboxylic acids is 1. The molecule has 0 aliphatic rings. The van der Waals surface area contributed by atoms with E-state index >= 15 is 0 Å². The zero-order chi connectivity index (χ0) is 27.5. The molecule has 0 N–H and O–H groups in total. The second-order valence-corrected chi connectivity index (χ2v) is 10.5. The van der Waals surface area contributed by atoms with E-state index < -0.39 is 0 Å². The molecule has 0 bridgehead atoms. The van der Waals surface area contributed by atoms with Gasteiger partial charge in [-0.25, -0.2) is 4.79 Å². The molecule has 0 fully saturated rings. The van der Waals surface area contributed by atoms with Gasteiger partial charge in [0.1, 0.15) is 5.75 Å². The summed E-state index contributed by atoms with van der Waals surface area (Å²) in [4.78, 5) is 17.2. The summed E-state index contributed by atoms with van der Waals surface area (Å²) in [5.41, 5.74) is 4.78. The Morgan fingerprint density at radius 1 is 0.667 bits per heavy atom. The summed E-state index contributed by atoms with van der Waals surface area (Å²) in [6, 6.07) is 19.4. The van der Waals surface area contributed by atoms with Crippen molar-refractivity contribution in [2.45, 2.75) is 104 Å². The van der Waals surface area contributed by atoms with Gasteiger partial charge in [0.25, 0.3) is 0 Å². The lowest BCUT2D eigenvalue weighted by Crippen LogP contribution is -2.08. The Labute approximate surface area is 236 Å². The van der Waals surface area contributed by atoms with Crippen LogP contribution in [0.3, 0.4) is 0 Å². The summed E-state index contributed by atoms with van der Waals surface area (Å²) in [6.45, 7) is 5.86. The molecular formula is C35H47NO3. The summed E-state index contributed by atoms with van der Waals surface area (Å²) in [7, 11) is 0. The van der Waals surface area contributed by atoms with Gasteiger partial charge in [0, 0.05) is 18.4 Å². The molecule has 2 aromatic carbocycles. The Bertz CT molecular complexity index is 1060. The van der Waals surface area contributed by atoms with E-state index in [1.54, 1.807) is 0 Å². The molecule has 4 nitrogen and oxygen atoms in total. The fraction of sp³-hybridized carbons (Fsp3) is 0.486. The molecule has 3 rings (SSSR count). The normalized spacial score (nSPS) is 11.0. The van der Waals surface area contributed by atoms with Gasteiger partial charge in [0.15, 0.2) is 0 Å². The van der Waals surface area contributed by atoms with E-state index in [1.807, 2.05) is 60.8 Å². The van der Waals surface area contributed by atoms with E-state index in [1.165, 1.54) is 76.2 Å². The van der Waals surface area contributed by atoms with E-state index in [2.05, 4.69) is 24.9 Å². The quantitative estimate of drug-likeness (QED) is 0.0881. The Morgan fingerprint density at radius 2 is 1.28 bits per heavy atom. The highest BCUT2D eigenvalue weighted by Gasteiger charge is 2.09. The highest BCUT2D eigenvalue weighted by Crippen LogP contribution is 2.22. The number of hydrogen-bond donors (Lipinski definition) is 0. The van der Waals surface area contributed by atoms with Gasteiger partial charge in [-0.1, -0.05) is 96.3 Å². The van der Waals surface area contributed by atoms with Gasteiger partial charge in [-0.2, -0.15) is 0 Å². The molecule has 0 saturated carbocycles. The second-order valence-electron chi connectivity index (χ2n) is 10.5. The number of aryl methyl sites for hydroxylation is 1. The maximum Gasteiger partial charge on any atom is 0.343 e. The molecule has 0 amide bonds. The molecule has 0 saturated heterocycles. The van der Waals surface area contributed by atoms with E-state index in [-0.39, 0.29) is 5.97 Å². The van der Waals surface area contributed by atoms with Crippen LogP contribution in [0.1, 0.15) is 112 Å². The third kappa shape index (κ3) is 11.7. The number of ether oxygens (including phenoxy) is 2. The van der Waals surface area contributed by atoms with Crippen molar-refractivity contribution in [3.8, 4) is 17.0 Å². The van der Waals surface area contributed by atoms with Gasteiger partial charge in [0.05, 0.1) is 17.9 Å². The number of unbranched alkanes of at least 4 members (excludes halogenated alkanes) is 10. The highest BCUT2D eigenvalue weighted by atomic mass is 16.5. The fourth-order valence-corrected chi connectivity index (χ4v) is 4.63. The number of pyridine rings is 1. The zero-order valence-corrected chi connectivity index (χ0v) is 24.1. The van der Waals surface area contributed by atoms with Crippen LogP contribution < -0.4 is 4.74 Å². The maximum absolute atomic E-state index is 12.6. The first-order valence-corrected chi connectivity index (χ1v) is 15.1. The van der Waals surface area contributed by atoms with Crippen LogP contribution in [0, 0.1) is 0 Å². The molecule has 0 atom stereocenters. The molecule has 1 heterocycles. The van der Waals surface area contributed by atoms with Crippen molar-refractivity contribution in [2.24, 2.45) is 0 Å². The summed E-state index contributed by atoms with van der Waals surface area (Å²) >= 11 is 0. The molecular weight excluding hydrogens is 482 g/mol. The lowest BCUT2D eigenvalue weighted by Gasteiger charge is -2.08. The van der Waals surface area contributed by atoms with Crippen LogP contribution >= 0.6 is 0 Å². The Morgan fingerprint density at radius 3 is 1.92 bits per heavy atom. The molecule has 0 unspecified atom stereocenters. The minimum Gasteiger partial charge on any atom is -0.423 e. The number of rotatable bonds is 19. The number of aromatic nitrogens is 1. The first-order chi connectivity index (χ1) is 19.2. The van der Waals surface area contributed by atoms with Crippen molar-refractivity contribution < 1.29 is 14.3 Å². The monoisotopic (exact) mass is 529 g/mol.